The number of piperidine rings is 1. The summed E-state index contributed by atoms with van der Waals surface area (Å²) >= 11 is 1.59. The monoisotopic (exact) mass is 303 g/mol. The second kappa shape index (κ2) is 5.95. The Labute approximate surface area is 129 Å². The molecular weight excluding hydrogens is 282 g/mol. The molecule has 0 amide bonds. The van der Waals surface area contributed by atoms with Gasteiger partial charge in [-0.3, -0.25) is 4.90 Å². The first-order chi connectivity index (χ1) is 10.1. The van der Waals surface area contributed by atoms with Gasteiger partial charge in [-0.15, -0.1) is 11.3 Å². The standard InChI is InChI=1S/C16H21N3OS/c17-11-4-5-13(18)12(8-11)16-14(20)10-21-15(16)9-19-6-2-1-3-7-19/h4-5,8,10,20H,1-3,6-7,9,17-18H2. The molecule has 0 radical (unpaired) electrons. The zero-order valence-electron chi connectivity index (χ0n) is 12.0. The van der Waals surface area contributed by atoms with Crippen LogP contribution in [0.25, 0.3) is 11.1 Å². The highest BCUT2D eigenvalue weighted by Gasteiger charge is 2.19. The van der Waals surface area contributed by atoms with Gasteiger partial charge in [0.25, 0.3) is 0 Å². The highest BCUT2D eigenvalue weighted by molar-refractivity contribution is 7.10. The summed E-state index contributed by atoms with van der Waals surface area (Å²) in [7, 11) is 0. The maximum Gasteiger partial charge on any atom is 0.134 e. The Morgan fingerprint density at radius 2 is 1.90 bits per heavy atom. The topological polar surface area (TPSA) is 75.5 Å². The molecule has 1 aliphatic heterocycles. The molecule has 0 saturated carbocycles. The Morgan fingerprint density at radius 3 is 2.67 bits per heavy atom. The number of hydrogen-bond donors (Lipinski definition) is 3. The van der Waals surface area contributed by atoms with Gasteiger partial charge in [-0.25, -0.2) is 0 Å². The minimum atomic E-state index is 0.296. The summed E-state index contributed by atoms with van der Waals surface area (Å²) in [5.74, 6) is 0.296. The van der Waals surface area contributed by atoms with Crippen molar-refractivity contribution in [2.45, 2.75) is 25.8 Å². The van der Waals surface area contributed by atoms with Crippen LogP contribution in [0.15, 0.2) is 23.6 Å². The third-order valence-electron chi connectivity index (χ3n) is 4.01. The molecule has 1 fully saturated rings. The van der Waals surface area contributed by atoms with Crippen LogP contribution < -0.4 is 11.5 Å². The average molecular weight is 303 g/mol. The molecular formula is C16H21N3OS. The summed E-state index contributed by atoms with van der Waals surface area (Å²) in [6.07, 6.45) is 3.83. The molecule has 4 nitrogen and oxygen atoms in total. The molecule has 2 aromatic rings. The van der Waals surface area contributed by atoms with Crippen molar-refractivity contribution in [3.63, 3.8) is 0 Å². The van der Waals surface area contributed by atoms with Gasteiger partial charge >= 0.3 is 0 Å². The number of thiophene rings is 1. The van der Waals surface area contributed by atoms with E-state index in [1.165, 1.54) is 19.3 Å². The number of benzene rings is 1. The van der Waals surface area contributed by atoms with Gasteiger partial charge in [0.1, 0.15) is 5.75 Å². The molecule has 0 atom stereocenters. The fourth-order valence-electron chi connectivity index (χ4n) is 2.90. The van der Waals surface area contributed by atoms with E-state index in [-0.39, 0.29) is 0 Å². The number of hydrogen-bond acceptors (Lipinski definition) is 5. The van der Waals surface area contributed by atoms with Crippen LogP contribution in [0.1, 0.15) is 24.1 Å². The average Bonchev–Trinajstić information content (AvgIpc) is 2.84. The Balaban J connectivity index is 1.94. The van der Waals surface area contributed by atoms with E-state index in [2.05, 4.69) is 4.90 Å². The van der Waals surface area contributed by atoms with E-state index in [1.54, 1.807) is 28.8 Å². The predicted molar refractivity (Wildman–Crippen MR) is 89.4 cm³/mol. The Morgan fingerprint density at radius 1 is 1.14 bits per heavy atom. The van der Waals surface area contributed by atoms with Crippen LogP contribution in [0.5, 0.6) is 5.75 Å². The van der Waals surface area contributed by atoms with Crippen LogP contribution in [0.4, 0.5) is 11.4 Å². The van der Waals surface area contributed by atoms with Gasteiger partial charge in [-0.1, -0.05) is 6.42 Å². The van der Waals surface area contributed by atoms with E-state index in [0.29, 0.717) is 17.1 Å². The largest absolute Gasteiger partial charge is 0.506 e. The summed E-state index contributed by atoms with van der Waals surface area (Å²) in [5, 5.41) is 12.0. The van der Waals surface area contributed by atoms with Gasteiger partial charge in [0.2, 0.25) is 0 Å². The number of nitrogen functional groups attached to an aromatic ring is 2. The second-order valence-corrected chi connectivity index (χ2v) is 6.57. The lowest BCUT2D eigenvalue weighted by Gasteiger charge is -2.26. The molecule has 112 valence electrons. The van der Waals surface area contributed by atoms with Gasteiger partial charge in [-0.2, -0.15) is 0 Å². The Bertz CT molecular complexity index is 632. The molecule has 0 unspecified atom stereocenters. The third kappa shape index (κ3) is 2.99. The maximum atomic E-state index is 10.2. The lowest BCUT2D eigenvalue weighted by molar-refractivity contribution is 0.223. The van der Waals surface area contributed by atoms with E-state index in [4.69, 9.17) is 11.5 Å². The van der Waals surface area contributed by atoms with Crippen molar-refractivity contribution in [3.05, 3.63) is 28.5 Å². The smallest absolute Gasteiger partial charge is 0.134 e. The summed E-state index contributed by atoms with van der Waals surface area (Å²) in [4.78, 5) is 3.60. The van der Waals surface area contributed by atoms with Crippen molar-refractivity contribution in [2.24, 2.45) is 0 Å². The fourth-order valence-corrected chi connectivity index (χ4v) is 3.86. The number of nitrogens with two attached hydrogens (primary N) is 2. The van der Waals surface area contributed by atoms with Gasteiger partial charge in [-0.05, 0) is 44.1 Å². The number of aromatic hydroxyl groups is 1. The Hall–Kier alpha value is -1.72. The van der Waals surface area contributed by atoms with Crippen LogP contribution in [0, 0.1) is 0 Å². The molecule has 1 aromatic heterocycles. The van der Waals surface area contributed by atoms with Crippen LogP contribution in [-0.2, 0) is 6.54 Å². The number of nitrogens with zero attached hydrogens (tertiary/aromatic N) is 1. The first kappa shape index (κ1) is 14.2. The van der Waals surface area contributed by atoms with Gasteiger partial charge < -0.3 is 16.6 Å². The van der Waals surface area contributed by atoms with Crippen LogP contribution >= 0.6 is 11.3 Å². The third-order valence-corrected chi connectivity index (χ3v) is 4.97. The number of rotatable bonds is 3. The quantitative estimate of drug-likeness (QED) is 0.761. The van der Waals surface area contributed by atoms with Crippen molar-refractivity contribution in [3.8, 4) is 16.9 Å². The molecule has 1 aliphatic rings. The SMILES string of the molecule is Nc1ccc(N)c(-c2c(O)csc2CN2CCCCC2)c1. The minimum absolute atomic E-state index is 0.296. The summed E-state index contributed by atoms with van der Waals surface area (Å²) < 4.78 is 0. The van der Waals surface area contributed by atoms with Crippen LogP contribution in [0.2, 0.25) is 0 Å². The van der Waals surface area contributed by atoms with Gasteiger partial charge in [0, 0.05) is 39.3 Å². The normalized spacial score (nSPS) is 16.2. The van der Waals surface area contributed by atoms with Crippen molar-refractivity contribution >= 4 is 22.7 Å². The van der Waals surface area contributed by atoms with E-state index < -0.39 is 0 Å². The zero-order valence-corrected chi connectivity index (χ0v) is 12.8. The molecule has 0 spiro atoms. The Kier molecular flexibility index (Phi) is 4.03. The van der Waals surface area contributed by atoms with Crippen LogP contribution in [-0.4, -0.2) is 23.1 Å². The number of likely N-dealkylation sites (tertiary alicyclic amines) is 1. The molecule has 5 N–H and O–H groups in total. The molecule has 3 rings (SSSR count). The lowest BCUT2D eigenvalue weighted by atomic mass is 10.0. The van der Waals surface area contributed by atoms with E-state index in [0.717, 1.165) is 35.6 Å². The van der Waals surface area contributed by atoms with Crippen molar-refractivity contribution in [1.82, 2.24) is 4.90 Å². The van der Waals surface area contributed by atoms with Crippen LogP contribution in [0.3, 0.4) is 0 Å². The molecule has 0 aliphatic carbocycles. The van der Waals surface area contributed by atoms with Crippen molar-refractivity contribution in [1.29, 1.82) is 0 Å². The molecule has 1 aromatic carbocycles. The zero-order chi connectivity index (χ0) is 14.8. The predicted octanol–water partition coefficient (Wildman–Crippen LogP) is 3.27. The van der Waals surface area contributed by atoms with E-state index in [1.807, 2.05) is 6.07 Å². The molecule has 21 heavy (non-hydrogen) atoms. The first-order valence-corrected chi connectivity index (χ1v) is 8.20. The molecule has 0 bridgehead atoms. The van der Waals surface area contributed by atoms with Crippen molar-refractivity contribution < 1.29 is 5.11 Å². The summed E-state index contributed by atoms with van der Waals surface area (Å²) in [6, 6.07) is 5.43. The molecule has 2 heterocycles. The number of anilines is 2. The fraction of sp³-hybridized carbons (Fsp3) is 0.375. The minimum Gasteiger partial charge on any atom is -0.506 e. The van der Waals surface area contributed by atoms with Gasteiger partial charge in [0.05, 0.1) is 0 Å². The summed E-state index contributed by atoms with van der Waals surface area (Å²) in [5.41, 5.74) is 14.9. The van der Waals surface area contributed by atoms with E-state index in [9.17, 15) is 5.11 Å². The lowest BCUT2D eigenvalue weighted by Crippen LogP contribution is -2.28. The highest BCUT2D eigenvalue weighted by Crippen LogP contribution is 2.41. The molecule has 1 saturated heterocycles. The van der Waals surface area contributed by atoms with Gasteiger partial charge in [0.15, 0.2) is 0 Å². The maximum absolute atomic E-state index is 10.2. The molecule has 5 heteroatoms. The van der Waals surface area contributed by atoms with Crippen molar-refractivity contribution in [2.75, 3.05) is 24.6 Å². The highest BCUT2D eigenvalue weighted by atomic mass is 32.1. The first-order valence-electron chi connectivity index (χ1n) is 7.32. The van der Waals surface area contributed by atoms with E-state index >= 15 is 0 Å². The summed E-state index contributed by atoms with van der Waals surface area (Å²) in [6.45, 7) is 3.13. The second-order valence-electron chi connectivity index (χ2n) is 5.60.